The molecule has 0 heterocycles. The Bertz CT molecular complexity index is 1020. The van der Waals surface area contributed by atoms with Gasteiger partial charge in [-0.3, -0.25) is 9.10 Å². The van der Waals surface area contributed by atoms with E-state index in [4.69, 9.17) is 21.1 Å². The number of rotatable bonds is 10. The smallest absolute Gasteiger partial charge is 0.338 e. The molecule has 0 aromatic heterocycles. The van der Waals surface area contributed by atoms with Crippen molar-refractivity contribution in [2.45, 2.75) is 19.8 Å². The third-order valence-electron chi connectivity index (χ3n) is 4.25. The number of unbranched alkanes of at least 4 members (excludes halogenated alkanes) is 1. The second kappa shape index (κ2) is 11.0. The minimum atomic E-state index is -3.76. The molecule has 10 heteroatoms. The van der Waals surface area contributed by atoms with Crippen molar-refractivity contribution in [2.24, 2.45) is 0 Å². The molecule has 0 aliphatic heterocycles. The van der Waals surface area contributed by atoms with E-state index in [2.05, 4.69) is 5.32 Å². The molecule has 0 aliphatic carbocycles. The number of amides is 1. The Kier molecular flexibility index (Phi) is 8.70. The normalized spacial score (nSPS) is 11.0. The van der Waals surface area contributed by atoms with Crippen molar-refractivity contribution in [1.82, 2.24) is 0 Å². The van der Waals surface area contributed by atoms with Crippen LogP contribution in [0.2, 0.25) is 5.02 Å². The van der Waals surface area contributed by atoms with Crippen molar-refractivity contribution in [3.8, 4) is 5.75 Å². The van der Waals surface area contributed by atoms with E-state index in [1.807, 2.05) is 6.92 Å². The van der Waals surface area contributed by atoms with E-state index in [1.165, 1.54) is 37.4 Å². The molecule has 0 saturated heterocycles. The number of nitrogens with one attached hydrogen (secondary N) is 1. The maximum Gasteiger partial charge on any atom is 0.338 e. The van der Waals surface area contributed by atoms with Crippen LogP contribution in [0.25, 0.3) is 0 Å². The monoisotopic (exact) mass is 468 g/mol. The van der Waals surface area contributed by atoms with Gasteiger partial charge in [-0.1, -0.05) is 24.9 Å². The number of anilines is 2. The van der Waals surface area contributed by atoms with E-state index in [1.54, 1.807) is 12.1 Å². The van der Waals surface area contributed by atoms with Gasteiger partial charge in [-0.15, -0.1) is 0 Å². The summed E-state index contributed by atoms with van der Waals surface area (Å²) >= 11 is 6.09. The molecule has 2 aromatic rings. The average molecular weight is 469 g/mol. The minimum absolute atomic E-state index is 0.218. The largest absolute Gasteiger partial charge is 0.495 e. The van der Waals surface area contributed by atoms with Gasteiger partial charge in [0.05, 0.1) is 36.2 Å². The molecule has 0 saturated carbocycles. The number of carbonyl (C=O) groups excluding carboxylic acids is 2. The van der Waals surface area contributed by atoms with Crippen LogP contribution in [-0.2, 0) is 19.6 Å². The second-order valence-electron chi connectivity index (χ2n) is 6.70. The third kappa shape index (κ3) is 7.15. The lowest BCUT2D eigenvalue weighted by Gasteiger charge is -2.22. The van der Waals surface area contributed by atoms with Crippen molar-refractivity contribution >= 4 is 44.9 Å². The zero-order chi connectivity index (χ0) is 23.0. The third-order valence-corrected chi connectivity index (χ3v) is 5.68. The van der Waals surface area contributed by atoms with Crippen LogP contribution in [-0.4, -0.2) is 46.8 Å². The maximum absolute atomic E-state index is 12.5. The van der Waals surface area contributed by atoms with Gasteiger partial charge < -0.3 is 14.8 Å². The number of sulfonamides is 1. The summed E-state index contributed by atoms with van der Waals surface area (Å²) in [5.74, 6) is -0.613. The summed E-state index contributed by atoms with van der Waals surface area (Å²) in [5, 5.41) is 2.83. The van der Waals surface area contributed by atoms with Gasteiger partial charge in [0, 0.05) is 5.69 Å². The number of hydrogen-bond donors (Lipinski definition) is 1. The van der Waals surface area contributed by atoms with Gasteiger partial charge >= 0.3 is 5.97 Å². The van der Waals surface area contributed by atoms with Crippen LogP contribution in [0.5, 0.6) is 5.75 Å². The SMILES string of the molecule is CCCCOC(=O)c1ccc(NC(=O)CN(c2ccc(OC)c(Cl)c2)S(C)(=O)=O)cc1. The molecule has 31 heavy (non-hydrogen) atoms. The standard InChI is InChI=1S/C21H25ClN2O6S/c1-4-5-12-30-21(26)15-6-8-16(9-7-15)23-20(25)14-24(31(3,27)28)17-10-11-19(29-2)18(22)13-17/h6-11,13H,4-5,12,14H2,1-3H3,(H,23,25). The van der Waals surface area contributed by atoms with E-state index < -0.39 is 28.4 Å². The van der Waals surface area contributed by atoms with Crippen LogP contribution in [0.1, 0.15) is 30.1 Å². The fourth-order valence-corrected chi connectivity index (χ4v) is 3.72. The molecule has 0 spiro atoms. The number of benzene rings is 2. The van der Waals surface area contributed by atoms with Crippen LogP contribution in [0.3, 0.4) is 0 Å². The highest BCUT2D eigenvalue weighted by Gasteiger charge is 2.22. The fourth-order valence-electron chi connectivity index (χ4n) is 2.62. The summed E-state index contributed by atoms with van der Waals surface area (Å²) in [7, 11) is -2.32. The molecule has 1 N–H and O–H groups in total. The predicted octanol–water partition coefficient (Wildman–Crippen LogP) is 3.71. The topological polar surface area (TPSA) is 102 Å². The Hall–Kier alpha value is -2.78. The zero-order valence-corrected chi connectivity index (χ0v) is 19.1. The van der Waals surface area contributed by atoms with Gasteiger partial charge in [0.2, 0.25) is 15.9 Å². The molecule has 0 atom stereocenters. The molecule has 1 amide bonds. The maximum atomic E-state index is 12.5. The lowest BCUT2D eigenvalue weighted by molar-refractivity contribution is -0.114. The second-order valence-corrected chi connectivity index (χ2v) is 9.02. The number of methoxy groups -OCH3 is 1. The van der Waals surface area contributed by atoms with E-state index in [-0.39, 0.29) is 10.7 Å². The molecular weight excluding hydrogens is 444 g/mol. The molecule has 2 rings (SSSR count). The molecule has 0 aliphatic rings. The summed E-state index contributed by atoms with van der Waals surface area (Å²) < 4.78 is 35.6. The zero-order valence-electron chi connectivity index (χ0n) is 17.6. The van der Waals surface area contributed by atoms with Crippen molar-refractivity contribution in [3.05, 3.63) is 53.1 Å². The lowest BCUT2D eigenvalue weighted by atomic mass is 10.2. The Morgan fingerprint density at radius 2 is 1.81 bits per heavy atom. The fraction of sp³-hybridized carbons (Fsp3) is 0.333. The summed E-state index contributed by atoms with van der Waals surface area (Å²) in [6.07, 6.45) is 2.71. The number of carbonyl (C=O) groups is 2. The van der Waals surface area contributed by atoms with Gasteiger partial charge in [-0.2, -0.15) is 0 Å². The Morgan fingerprint density at radius 3 is 2.35 bits per heavy atom. The van der Waals surface area contributed by atoms with Gasteiger partial charge in [0.1, 0.15) is 12.3 Å². The van der Waals surface area contributed by atoms with E-state index in [0.29, 0.717) is 23.6 Å². The highest BCUT2D eigenvalue weighted by Crippen LogP contribution is 2.30. The molecule has 0 fully saturated rings. The lowest BCUT2D eigenvalue weighted by Crippen LogP contribution is -2.37. The Labute approximate surface area is 187 Å². The summed E-state index contributed by atoms with van der Waals surface area (Å²) in [4.78, 5) is 24.4. The van der Waals surface area contributed by atoms with E-state index >= 15 is 0 Å². The van der Waals surface area contributed by atoms with Gasteiger partial charge in [0.25, 0.3) is 0 Å². The first-order valence-corrected chi connectivity index (χ1v) is 11.8. The van der Waals surface area contributed by atoms with E-state index in [9.17, 15) is 18.0 Å². The predicted molar refractivity (Wildman–Crippen MR) is 120 cm³/mol. The number of ether oxygens (including phenoxy) is 2. The molecular formula is C21H25ClN2O6S. The Morgan fingerprint density at radius 1 is 1.13 bits per heavy atom. The molecule has 0 unspecified atom stereocenters. The van der Waals surface area contributed by atoms with E-state index in [0.717, 1.165) is 23.4 Å². The summed E-state index contributed by atoms with van der Waals surface area (Å²) in [6, 6.07) is 10.6. The molecule has 0 radical (unpaired) electrons. The Balaban J connectivity index is 2.08. The van der Waals surface area contributed by atoms with Gasteiger partial charge in [-0.25, -0.2) is 13.2 Å². The first-order chi connectivity index (χ1) is 14.7. The number of hydrogen-bond acceptors (Lipinski definition) is 6. The van der Waals surface area contributed by atoms with Crippen LogP contribution in [0.15, 0.2) is 42.5 Å². The molecule has 0 bridgehead atoms. The van der Waals surface area contributed by atoms with Crippen LogP contribution in [0, 0.1) is 0 Å². The first kappa shape index (κ1) is 24.5. The quantitative estimate of drug-likeness (QED) is 0.421. The first-order valence-electron chi connectivity index (χ1n) is 9.54. The number of esters is 1. The summed E-state index contributed by atoms with van der Waals surface area (Å²) in [6.45, 7) is 1.90. The minimum Gasteiger partial charge on any atom is -0.495 e. The van der Waals surface area contributed by atoms with Gasteiger partial charge in [-0.05, 0) is 48.9 Å². The highest BCUT2D eigenvalue weighted by atomic mass is 35.5. The van der Waals surface area contributed by atoms with Crippen LogP contribution < -0.4 is 14.4 Å². The average Bonchev–Trinajstić information content (AvgIpc) is 2.72. The van der Waals surface area contributed by atoms with Crippen LogP contribution in [0.4, 0.5) is 11.4 Å². The molecule has 168 valence electrons. The van der Waals surface area contributed by atoms with Crippen molar-refractivity contribution in [3.63, 3.8) is 0 Å². The molecule has 8 nitrogen and oxygen atoms in total. The highest BCUT2D eigenvalue weighted by molar-refractivity contribution is 7.92. The number of nitrogens with zero attached hydrogens (tertiary/aromatic N) is 1. The molecule has 2 aromatic carbocycles. The van der Waals surface area contributed by atoms with Crippen molar-refractivity contribution < 1.29 is 27.5 Å². The van der Waals surface area contributed by atoms with Crippen molar-refractivity contribution in [1.29, 1.82) is 0 Å². The number of halogens is 1. The van der Waals surface area contributed by atoms with Crippen molar-refractivity contribution in [2.75, 3.05) is 36.1 Å². The van der Waals surface area contributed by atoms with Crippen LogP contribution >= 0.6 is 11.6 Å². The van der Waals surface area contributed by atoms with Gasteiger partial charge in [0.15, 0.2) is 0 Å². The summed E-state index contributed by atoms with van der Waals surface area (Å²) in [5.41, 5.74) is 1.00.